The highest BCUT2D eigenvalue weighted by Gasteiger charge is 2.09. The fourth-order valence-corrected chi connectivity index (χ4v) is 2.63. The molecule has 1 aromatic carbocycles. The Labute approximate surface area is 169 Å². The number of carbonyl (C=O) groups is 1. The van der Waals surface area contributed by atoms with Gasteiger partial charge in [-0.2, -0.15) is 0 Å². The van der Waals surface area contributed by atoms with Crippen LogP contribution in [0.1, 0.15) is 40.4 Å². The van der Waals surface area contributed by atoms with Gasteiger partial charge in [0.1, 0.15) is 5.76 Å². The molecular weight excluding hydrogens is 370 g/mol. The lowest BCUT2D eigenvalue weighted by Crippen LogP contribution is -2.36. The summed E-state index contributed by atoms with van der Waals surface area (Å²) in [4.78, 5) is 21.1. The van der Waals surface area contributed by atoms with Crippen LogP contribution in [0, 0.1) is 13.8 Å². The molecule has 0 saturated heterocycles. The van der Waals surface area contributed by atoms with Crippen molar-refractivity contribution in [3.05, 3.63) is 71.3 Å². The van der Waals surface area contributed by atoms with Crippen molar-refractivity contribution < 1.29 is 13.6 Å². The molecule has 2 aromatic heterocycles. The van der Waals surface area contributed by atoms with Crippen LogP contribution in [-0.2, 0) is 13.1 Å². The van der Waals surface area contributed by atoms with Crippen molar-refractivity contribution in [1.82, 2.24) is 15.6 Å². The molecule has 152 valence electrons. The van der Waals surface area contributed by atoms with Crippen molar-refractivity contribution in [2.24, 2.45) is 4.99 Å². The Morgan fingerprint density at radius 2 is 2.03 bits per heavy atom. The number of aryl methyl sites for hydroxylation is 2. The summed E-state index contributed by atoms with van der Waals surface area (Å²) in [6, 6.07) is 10.8. The van der Waals surface area contributed by atoms with Crippen LogP contribution in [-0.4, -0.2) is 23.4 Å². The Hall–Kier alpha value is -3.55. The lowest BCUT2D eigenvalue weighted by Gasteiger charge is -2.10. The van der Waals surface area contributed by atoms with Crippen LogP contribution in [0.5, 0.6) is 0 Å². The molecule has 8 nitrogen and oxygen atoms in total. The smallest absolute Gasteiger partial charge is 0.291 e. The van der Waals surface area contributed by atoms with Gasteiger partial charge in [-0.05, 0) is 50.6 Å². The maximum Gasteiger partial charge on any atom is 0.291 e. The number of guanidine groups is 1. The standard InChI is InChI=1S/C21H25N5O3/c1-4-22-21(24-13-19-25-14(2)15(3)29-19)23-12-16-7-5-8-17(11-16)26-20(27)18-9-6-10-28-18/h5-11H,4,12-13H2,1-3H3,(H,26,27)(H2,22,23,24). The van der Waals surface area contributed by atoms with E-state index in [-0.39, 0.29) is 11.7 Å². The quantitative estimate of drug-likeness (QED) is 0.418. The van der Waals surface area contributed by atoms with E-state index in [0.29, 0.717) is 30.6 Å². The highest BCUT2D eigenvalue weighted by atomic mass is 16.4. The third kappa shape index (κ3) is 5.71. The molecule has 29 heavy (non-hydrogen) atoms. The Bertz CT molecular complexity index is 957. The Morgan fingerprint density at radius 3 is 2.72 bits per heavy atom. The number of carbonyl (C=O) groups excluding carboxylic acids is 1. The SMILES string of the molecule is CCNC(=NCc1cccc(NC(=O)c2ccco2)c1)NCc1nc(C)c(C)o1. The molecule has 0 spiro atoms. The minimum atomic E-state index is -0.290. The number of furan rings is 1. The van der Waals surface area contributed by atoms with Gasteiger partial charge in [0.15, 0.2) is 11.7 Å². The molecule has 3 N–H and O–H groups in total. The molecular formula is C21H25N5O3. The van der Waals surface area contributed by atoms with E-state index < -0.39 is 0 Å². The molecule has 0 aliphatic heterocycles. The molecule has 0 unspecified atom stereocenters. The van der Waals surface area contributed by atoms with E-state index in [0.717, 1.165) is 23.6 Å². The highest BCUT2D eigenvalue weighted by Crippen LogP contribution is 2.13. The first-order chi connectivity index (χ1) is 14.0. The molecule has 0 aliphatic carbocycles. The first-order valence-electron chi connectivity index (χ1n) is 9.44. The predicted octanol–water partition coefficient (Wildman–Crippen LogP) is 3.39. The summed E-state index contributed by atoms with van der Waals surface area (Å²) in [5.41, 5.74) is 2.53. The van der Waals surface area contributed by atoms with E-state index in [2.05, 4.69) is 25.9 Å². The van der Waals surface area contributed by atoms with Crippen LogP contribution in [0.25, 0.3) is 0 Å². The molecule has 0 saturated carbocycles. The first-order valence-corrected chi connectivity index (χ1v) is 9.44. The van der Waals surface area contributed by atoms with Gasteiger partial charge in [-0.15, -0.1) is 0 Å². The van der Waals surface area contributed by atoms with E-state index in [9.17, 15) is 4.79 Å². The van der Waals surface area contributed by atoms with Crippen molar-refractivity contribution in [2.75, 3.05) is 11.9 Å². The molecule has 0 aliphatic rings. The monoisotopic (exact) mass is 395 g/mol. The Balaban J connectivity index is 1.61. The Morgan fingerprint density at radius 1 is 1.17 bits per heavy atom. The number of amides is 1. The summed E-state index contributed by atoms with van der Waals surface area (Å²) in [5.74, 6) is 2.07. The second kappa shape index (κ2) is 9.59. The van der Waals surface area contributed by atoms with Crippen LogP contribution in [0.4, 0.5) is 5.69 Å². The average molecular weight is 395 g/mol. The van der Waals surface area contributed by atoms with Gasteiger partial charge < -0.3 is 24.8 Å². The summed E-state index contributed by atoms with van der Waals surface area (Å²) in [7, 11) is 0. The van der Waals surface area contributed by atoms with E-state index in [1.165, 1.54) is 6.26 Å². The zero-order valence-corrected chi connectivity index (χ0v) is 16.8. The van der Waals surface area contributed by atoms with Gasteiger partial charge in [-0.3, -0.25) is 4.79 Å². The second-order valence-corrected chi connectivity index (χ2v) is 6.43. The van der Waals surface area contributed by atoms with Crippen molar-refractivity contribution in [3.63, 3.8) is 0 Å². The summed E-state index contributed by atoms with van der Waals surface area (Å²) >= 11 is 0. The lowest BCUT2D eigenvalue weighted by molar-refractivity contribution is 0.0996. The lowest BCUT2D eigenvalue weighted by atomic mass is 10.2. The maximum absolute atomic E-state index is 12.1. The van der Waals surface area contributed by atoms with E-state index in [4.69, 9.17) is 8.83 Å². The van der Waals surface area contributed by atoms with Crippen LogP contribution < -0.4 is 16.0 Å². The third-order valence-electron chi connectivity index (χ3n) is 4.17. The molecule has 1 amide bonds. The maximum atomic E-state index is 12.1. The number of aliphatic imine (C=N–C) groups is 1. The van der Waals surface area contributed by atoms with Gasteiger partial charge in [0.2, 0.25) is 5.89 Å². The number of nitrogens with one attached hydrogen (secondary N) is 3. The van der Waals surface area contributed by atoms with Crippen LogP contribution in [0.2, 0.25) is 0 Å². The predicted molar refractivity (Wildman–Crippen MR) is 111 cm³/mol. The molecule has 0 fully saturated rings. The summed E-state index contributed by atoms with van der Waals surface area (Å²) in [6.07, 6.45) is 1.47. The number of nitrogens with zero attached hydrogens (tertiary/aromatic N) is 2. The second-order valence-electron chi connectivity index (χ2n) is 6.43. The fraction of sp³-hybridized carbons (Fsp3) is 0.286. The summed E-state index contributed by atoms with van der Waals surface area (Å²) in [6.45, 7) is 7.43. The van der Waals surface area contributed by atoms with Gasteiger partial charge in [0.25, 0.3) is 5.91 Å². The van der Waals surface area contributed by atoms with Crippen LogP contribution >= 0.6 is 0 Å². The summed E-state index contributed by atoms with van der Waals surface area (Å²) < 4.78 is 10.7. The number of oxazole rings is 1. The minimum Gasteiger partial charge on any atom is -0.459 e. The average Bonchev–Trinajstić information content (AvgIpc) is 3.35. The summed E-state index contributed by atoms with van der Waals surface area (Å²) in [5, 5.41) is 9.23. The molecule has 0 radical (unpaired) electrons. The van der Waals surface area contributed by atoms with Gasteiger partial charge in [0, 0.05) is 12.2 Å². The third-order valence-corrected chi connectivity index (χ3v) is 4.17. The fourth-order valence-electron chi connectivity index (χ4n) is 2.63. The topological polar surface area (TPSA) is 105 Å². The number of hydrogen-bond donors (Lipinski definition) is 3. The minimum absolute atomic E-state index is 0.268. The largest absolute Gasteiger partial charge is 0.459 e. The van der Waals surface area contributed by atoms with Crippen molar-refractivity contribution in [1.29, 1.82) is 0 Å². The van der Waals surface area contributed by atoms with Crippen molar-refractivity contribution in [3.8, 4) is 0 Å². The van der Waals surface area contributed by atoms with Gasteiger partial charge in [-0.1, -0.05) is 12.1 Å². The molecule has 8 heteroatoms. The highest BCUT2D eigenvalue weighted by molar-refractivity contribution is 6.02. The molecule has 3 aromatic rings. The van der Waals surface area contributed by atoms with Crippen molar-refractivity contribution in [2.45, 2.75) is 33.9 Å². The molecule has 2 heterocycles. The van der Waals surface area contributed by atoms with Crippen molar-refractivity contribution >= 4 is 17.6 Å². The number of rotatable bonds is 7. The first kappa shape index (κ1) is 20.2. The Kier molecular flexibility index (Phi) is 6.67. The zero-order valence-electron chi connectivity index (χ0n) is 16.8. The number of aromatic nitrogens is 1. The van der Waals surface area contributed by atoms with E-state index >= 15 is 0 Å². The van der Waals surface area contributed by atoms with Gasteiger partial charge in [-0.25, -0.2) is 9.98 Å². The number of benzene rings is 1. The molecule has 0 atom stereocenters. The van der Waals surface area contributed by atoms with E-state index in [1.807, 2.05) is 45.0 Å². The zero-order chi connectivity index (χ0) is 20.6. The van der Waals surface area contributed by atoms with Crippen LogP contribution in [0.15, 0.2) is 56.5 Å². The number of hydrogen-bond acceptors (Lipinski definition) is 5. The van der Waals surface area contributed by atoms with Crippen LogP contribution in [0.3, 0.4) is 0 Å². The molecule has 3 rings (SSSR count). The molecule has 0 bridgehead atoms. The normalized spacial score (nSPS) is 11.3. The van der Waals surface area contributed by atoms with E-state index in [1.54, 1.807) is 12.1 Å². The number of anilines is 1. The van der Waals surface area contributed by atoms with Gasteiger partial charge >= 0.3 is 0 Å². The van der Waals surface area contributed by atoms with Gasteiger partial charge in [0.05, 0.1) is 25.0 Å².